The number of halogens is 1. The molecular formula is C15H15ClN2O2. The average Bonchev–Trinajstić information content (AvgIpc) is 2.38. The molecule has 20 heavy (non-hydrogen) atoms. The molecule has 0 unspecified atom stereocenters. The number of aromatic carboxylic acids is 1. The Balaban J connectivity index is 2.31. The van der Waals surface area contributed by atoms with Gasteiger partial charge >= 0.3 is 5.97 Å². The highest BCUT2D eigenvalue weighted by Gasteiger charge is 2.16. The highest BCUT2D eigenvalue weighted by molar-refractivity contribution is 6.29. The maximum Gasteiger partial charge on any atom is 0.339 e. The average molecular weight is 291 g/mol. The summed E-state index contributed by atoms with van der Waals surface area (Å²) in [5.41, 5.74) is 2.39. The predicted molar refractivity (Wildman–Crippen MR) is 79.5 cm³/mol. The third-order valence-electron chi connectivity index (χ3n) is 2.94. The SMILES string of the molecule is Cc1cccc(CN(C)c2nc(Cl)ccc2C(=O)O)c1. The molecule has 5 heteroatoms. The summed E-state index contributed by atoms with van der Waals surface area (Å²) in [6.07, 6.45) is 0. The van der Waals surface area contributed by atoms with E-state index in [0.717, 1.165) is 11.1 Å². The van der Waals surface area contributed by atoms with E-state index >= 15 is 0 Å². The van der Waals surface area contributed by atoms with Crippen LogP contribution in [0.5, 0.6) is 0 Å². The van der Waals surface area contributed by atoms with Crippen molar-refractivity contribution >= 4 is 23.4 Å². The number of carboxylic acids is 1. The molecule has 0 saturated heterocycles. The number of hydrogen-bond acceptors (Lipinski definition) is 3. The fraction of sp³-hybridized carbons (Fsp3) is 0.200. The first-order valence-corrected chi connectivity index (χ1v) is 6.51. The van der Waals surface area contributed by atoms with Crippen LogP contribution in [0.15, 0.2) is 36.4 Å². The van der Waals surface area contributed by atoms with Crippen LogP contribution < -0.4 is 4.90 Å². The maximum atomic E-state index is 11.2. The summed E-state index contributed by atoms with van der Waals surface area (Å²) < 4.78 is 0. The van der Waals surface area contributed by atoms with Gasteiger partial charge in [-0.05, 0) is 24.6 Å². The lowest BCUT2D eigenvalue weighted by Gasteiger charge is -2.20. The second-order valence-electron chi connectivity index (χ2n) is 4.66. The Morgan fingerprint density at radius 2 is 2.10 bits per heavy atom. The quantitative estimate of drug-likeness (QED) is 0.877. The zero-order valence-electron chi connectivity index (χ0n) is 11.3. The second-order valence-corrected chi connectivity index (χ2v) is 5.04. The van der Waals surface area contributed by atoms with Crippen molar-refractivity contribution in [1.29, 1.82) is 0 Å². The third-order valence-corrected chi connectivity index (χ3v) is 3.15. The molecule has 1 N–H and O–H groups in total. The van der Waals surface area contributed by atoms with Gasteiger partial charge in [-0.15, -0.1) is 0 Å². The summed E-state index contributed by atoms with van der Waals surface area (Å²) in [6.45, 7) is 2.58. The van der Waals surface area contributed by atoms with E-state index in [9.17, 15) is 9.90 Å². The highest BCUT2D eigenvalue weighted by Crippen LogP contribution is 2.21. The van der Waals surface area contributed by atoms with Crippen LogP contribution in [0.2, 0.25) is 5.15 Å². The maximum absolute atomic E-state index is 11.2. The fourth-order valence-corrected chi connectivity index (χ4v) is 2.19. The molecular weight excluding hydrogens is 276 g/mol. The Morgan fingerprint density at radius 1 is 1.35 bits per heavy atom. The molecule has 1 aromatic carbocycles. The first kappa shape index (κ1) is 14.3. The summed E-state index contributed by atoms with van der Waals surface area (Å²) in [5, 5.41) is 9.48. The van der Waals surface area contributed by atoms with Crippen LogP contribution in [-0.4, -0.2) is 23.1 Å². The summed E-state index contributed by atoms with van der Waals surface area (Å²) in [7, 11) is 1.80. The van der Waals surface area contributed by atoms with Crippen molar-refractivity contribution < 1.29 is 9.90 Å². The van der Waals surface area contributed by atoms with E-state index in [4.69, 9.17) is 11.6 Å². The standard InChI is InChI=1S/C15H15ClN2O2/c1-10-4-3-5-11(8-10)9-18(2)14-12(15(19)20)6-7-13(16)17-14/h3-8H,9H2,1-2H3,(H,19,20). The van der Waals surface area contributed by atoms with E-state index in [1.165, 1.54) is 12.1 Å². The van der Waals surface area contributed by atoms with Crippen molar-refractivity contribution in [1.82, 2.24) is 4.98 Å². The number of benzene rings is 1. The van der Waals surface area contributed by atoms with Gasteiger partial charge in [0.05, 0.1) is 0 Å². The molecule has 0 aliphatic rings. The van der Waals surface area contributed by atoms with E-state index in [0.29, 0.717) is 12.4 Å². The second kappa shape index (κ2) is 5.92. The topological polar surface area (TPSA) is 53.4 Å². The molecule has 1 heterocycles. The molecule has 0 fully saturated rings. The van der Waals surface area contributed by atoms with Crippen LogP contribution in [-0.2, 0) is 6.54 Å². The van der Waals surface area contributed by atoms with Crippen molar-refractivity contribution in [2.24, 2.45) is 0 Å². The van der Waals surface area contributed by atoms with Crippen molar-refractivity contribution in [3.05, 3.63) is 58.2 Å². The van der Waals surface area contributed by atoms with Crippen LogP contribution >= 0.6 is 11.6 Å². The normalized spacial score (nSPS) is 10.3. The first-order valence-electron chi connectivity index (χ1n) is 6.14. The van der Waals surface area contributed by atoms with Crippen molar-refractivity contribution in [3.63, 3.8) is 0 Å². The molecule has 1 aromatic heterocycles. The van der Waals surface area contributed by atoms with Gasteiger partial charge in [0.1, 0.15) is 16.5 Å². The van der Waals surface area contributed by atoms with Crippen LogP contribution in [0, 0.1) is 6.92 Å². The number of pyridine rings is 1. The van der Waals surface area contributed by atoms with Gasteiger partial charge in [-0.2, -0.15) is 0 Å². The number of carbonyl (C=O) groups is 1. The number of carboxylic acid groups (broad SMARTS) is 1. The van der Waals surface area contributed by atoms with Crippen molar-refractivity contribution in [3.8, 4) is 0 Å². The lowest BCUT2D eigenvalue weighted by atomic mass is 10.1. The minimum absolute atomic E-state index is 0.143. The molecule has 0 radical (unpaired) electrons. The molecule has 0 atom stereocenters. The van der Waals surface area contributed by atoms with Crippen LogP contribution in [0.1, 0.15) is 21.5 Å². The Kier molecular flexibility index (Phi) is 4.25. The van der Waals surface area contributed by atoms with Gasteiger partial charge in [0.2, 0.25) is 0 Å². The van der Waals surface area contributed by atoms with Crippen LogP contribution in [0.25, 0.3) is 0 Å². The monoisotopic (exact) mass is 290 g/mol. The van der Waals surface area contributed by atoms with E-state index in [1.807, 2.05) is 25.1 Å². The Hall–Kier alpha value is -2.07. The van der Waals surface area contributed by atoms with Gasteiger partial charge in [-0.25, -0.2) is 9.78 Å². The molecule has 2 rings (SSSR count). The van der Waals surface area contributed by atoms with Gasteiger partial charge in [0.15, 0.2) is 0 Å². The number of rotatable bonds is 4. The van der Waals surface area contributed by atoms with Gasteiger partial charge in [-0.3, -0.25) is 0 Å². The van der Waals surface area contributed by atoms with Gasteiger partial charge in [-0.1, -0.05) is 41.4 Å². The number of anilines is 1. The lowest BCUT2D eigenvalue weighted by Crippen LogP contribution is -2.21. The summed E-state index contributed by atoms with van der Waals surface area (Å²) in [6, 6.07) is 11.0. The molecule has 2 aromatic rings. The Morgan fingerprint density at radius 3 is 2.75 bits per heavy atom. The number of hydrogen-bond donors (Lipinski definition) is 1. The van der Waals surface area contributed by atoms with Crippen LogP contribution in [0.4, 0.5) is 5.82 Å². The number of aromatic nitrogens is 1. The van der Waals surface area contributed by atoms with E-state index in [-0.39, 0.29) is 10.7 Å². The third kappa shape index (κ3) is 3.27. The smallest absolute Gasteiger partial charge is 0.339 e. The Bertz CT molecular complexity index is 644. The summed E-state index contributed by atoms with van der Waals surface area (Å²) >= 11 is 5.86. The zero-order valence-corrected chi connectivity index (χ0v) is 12.1. The number of nitrogens with zero attached hydrogens (tertiary/aromatic N) is 2. The molecule has 104 valence electrons. The fourth-order valence-electron chi connectivity index (χ4n) is 2.04. The molecule has 0 amide bonds. The number of aryl methyl sites for hydroxylation is 1. The largest absolute Gasteiger partial charge is 0.478 e. The summed E-state index contributed by atoms with van der Waals surface area (Å²) in [5.74, 6) is -0.647. The minimum Gasteiger partial charge on any atom is -0.478 e. The van der Waals surface area contributed by atoms with E-state index in [2.05, 4.69) is 11.1 Å². The lowest BCUT2D eigenvalue weighted by molar-refractivity contribution is 0.0697. The van der Waals surface area contributed by atoms with Gasteiger partial charge in [0, 0.05) is 13.6 Å². The molecule has 0 spiro atoms. The highest BCUT2D eigenvalue weighted by atomic mass is 35.5. The summed E-state index contributed by atoms with van der Waals surface area (Å²) in [4.78, 5) is 17.1. The van der Waals surface area contributed by atoms with Gasteiger partial charge in [0.25, 0.3) is 0 Å². The van der Waals surface area contributed by atoms with Crippen LogP contribution in [0.3, 0.4) is 0 Å². The molecule has 4 nitrogen and oxygen atoms in total. The molecule has 0 saturated carbocycles. The predicted octanol–water partition coefficient (Wildman–Crippen LogP) is 3.38. The van der Waals surface area contributed by atoms with E-state index < -0.39 is 5.97 Å². The first-order chi connectivity index (χ1) is 9.47. The minimum atomic E-state index is -1.01. The van der Waals surface area contributed by atoms with Crippen molar-refractivity contribution in [2.45, 2.75) is 13.5 Å². The molecule has 0 aliphatic heterocycles. The van der Waals surface area contributed by atoms with Gasteiger partial charge < -0.3 is 10.0 Å². The zero-order chi connectivity index (χ0) is 14.7. The van der Waals surface area contributed by atoms with E-state index in [1.54, 1.807) is 11.9 Å². The Labute approximate surface area is 122 Å². The molecule has 0 aliphatic carbocycles. The van der Waals surface area contributed by atoms with Crippen molar-refractivity contribution in [2.75, 3.05) is 11.9 Å². The molecule has 0 bridgehead atoms.